The van der Waals surface area contributed by atoms with Crippen molar-refractivity contribution in [2.24, 2.45) is 0 Å². The molecular formula is C9H13ClF3NO3. The van der Waals surface area contributed by atoms with E-state index in [1.54, 1.807) is 6.92 Å². The highest BCUT2D eigenvalue weighted by molar-refractivity contribution is 6.19. The van der Waals surface area contributed by atoms with Crippen LogP contribution in [0.5, 0.6) is 0 Å². The van der Waals surface area contributed by atoms with Crippen LogP contribution in [0.2, 0.25) is 0 Å². The number of methoxy groups -OCH3 is 1. The van der Waals surface area contributed by atoms with E-state index in [4.69, 9.17) is 21.1 Å². The lowest BCUT2D eigenvalue weighted by Gasteiger charge is -2.38. The molecule has 1 fully saturated rings. The fraction of sp³-hybridized carbons (Fsp3) is 0.889. The monoisotopic (exact) mass is 275 g/mol. The fourth-order valence-electron chi connectivity index (χ4n) is 1.77. The Morgan fingerprint density at radius 2 is 2.12 bits per heavy atom. The number of halogens is 4. The number of ether oxygens (including phenoxy) is 2. The number of hydrogen-bond acceptors (Lipinski definition) is 3. The van der Waals surface area contributed by atoms with Gasteiger partial charge in [0.2, 0.25) is 0 Å². The topological polar surface area (TPSA) is 47.6 Å². The summed E-state index contributed by atoms with van der Waals surface area (Å²) in [5.74, 6) is -2.00. The van der Waals surface area contributed by atoms with Crippen LogP contribution in [0.25, 0.3) is 0 Å². The molecule has 4 atom stereocenters. The van der Waals surface area contributed by atoms with E-state index < -0.39 is 35.9 Å². The van der Waals surface area contributed by atoms with Gasteiger partial charge >= 0.3 is 12.1 Å². The summed E-state index contributed by atoms with van der Waals surface area (Å²) in [5, 5.41) is 1.87. The quantitative estimate of drug-likeness (QED) is 0.776. The highest BCUT2D eigenvalue weighted by atomic mass is 35.5. The first kappa shape index (κ1) is 14.5. The molecule has 1 rings (SSSR count). The molecule has 1 amide bonds. The molecule has 0 aromatic heterocycles. The van der Waals surface area contributed by atoms with Gasteiger partial charge in [0.25, 0.3) is 0 Å². The Balaban J connectivity index is 2.69. The van der Waals surface area contributed by atoms with Crippen molar-refractivity contribution in [3.8, 4) is 0 Å². The van der Waals surface area contributed by atoms with Crippen molar-refractivity contribution < 1.29 is 27.4 Å². The predicted octanol–water partition coefficient (Wildman–Crippen LogP) is 1.42. The predicted molar refractivity (Wildman–Crippen MR) is 53.6 cm³/mol. The van der Waals surface area contributed by atoms with E-state index in [9.17, 15) is 18.0 Å². The van der Waals surface area contributed by atoms with Gasteiger partial charge in [0.05, 0.1) is 12.1 Å². The molecule has 1 aliphatic heterocycles. The molecule has 0 aliphatic carbocycles. The maximum atomic E-state index is 12.1. The summed E-state index contributed by atoms with van der Waals surface area (Å²) < 4.78 is 46.5. The zero-order valence-corrected chi connectivity index (χ0v) is 10.0. The molecular weight excluding hydrogens is 263 g/mol. The highest BCUT2D eigenvalue weighted by Gasteiger charge is 2.43. The van der Waals surface area contributed by atoms with Gasteiger partial charge in [-0.2, -0.15) is 13.2 Å². The van der Waals surface area contributed by atoms with Crippen molar-refractivity contribution in [3.05, 3.63) is 0 Å². The van der Waals surface area contributed by atoms with Crippen molar-refractivity contribution in [1.82, 2.24) is 5.32 Å². The van der Waals surface area contributed by atoms with Crippen LogP contribution < -0.4 is 5.32 Å². The third-order valence-electron chi connectivity index (χ3n) is 2.51. The van der Waals surface area contributed by atoms with Crippen LogP contribution in [0.1, 0.15) is 13.3 Å². The molecule has 8 heteroatoms. The number of carbonyl (C=O) groups excluding carboxylic acids is 1. The van der Waals surface area contributed by atoms with Gasteiger partial charge in [-0.1, -0.05) is 11.6 Å². The summed E-state index contributed by atoms with van der Waals surface area (Å²) in [6, 6.07) is -0.819. The molecule has 1 saturated heterocycles. The molecule has 1 unspecified atom stereocenters. The number of amides is 1. The minimum absolute atomic E-state index is 0.0617. The van der Waals surface area contributed by atoms with Gasteiger partial charge in [0, 0.05) is 13.5 Å². The van der Waals surface area contributed by atoms with E-state index in [0.29, 0.717) is 0 Å². The lowest BCUT2D eigenvalue weighted by atomic mass is 10.00. The van der Waals surface area contributed by atoms with Gasteiger partial charge < -0.3 is 14.8 Å². The van der Waals surface area contributed by atoms with E-state index >= 15 is 0 Å². The molecule has 0 radical (unpaired) electrons. The van der Waals surface area contributed by atoms with Crippen molar-refractivity contribution in [2.75, 3.05) is 7.11 Å². The van der Waals surface area contributed by atoms with Crippen LogP contribution in [-0.4, -0.2) is 43.0 Å². The zero-order valence-electron chi connectivity index (χ0n) is 9.25. The van der Waals surface area contributed by atoms with Crippen molar-refractivity contribution in [3.63, 3.8) is 0 Å². The van der Waals surface area contributed by atoms with Crippen LogP contribution in [0.15, 0.2) is 0 Å². The molecule has 100 valence electrons. The molecule has 0 saturated carbocycles. The van der Waals surface area contributed by atoms with E-state index in [1.807, 2.05) is 5.32 Å². The molecule has 0 bridgehead atoms. The summed E-state index contributed by atoms with van der Waals surface area (Å²) in [4.78, 5) is 10.8. The van der Waals surface area contributed by atoms with E-state index in [1.165, 1.54) is 7.11 Å². The second kappa shape index (κ2) is 5.41. The largest absolute Gasteiger partial charge is 0.471 e. The number of carbonyl (C=O) groups is 1. The first-order chi connectivity index (χ1) is 7.75. The SMILES string of the molecule is CO[C@H]1[C@@H](NC(=O)C(F)(F)F)CC(Cl)O[C@H]1C. The van der Waals surface area contributed by atoms with Crippen molar-refractivity contribution >= 4 is 17.5 Å². The summed E-state index contributed by atoms with van der Waals surface area (Å²) in [6.45, 7) is 1.62. The standard InChI is InChI=1S/C9H13ClF3NO3/c1-4-7(16-2)5(3-6(10)17-4)14-8(15)9(11,12)13/h4-7H,3H2,1-2H3,(H,14,15)/t4-,5-,6?,7+/m0/s1. The fourth-order valence-corrected chi connectivity index (χ4v) is 2.13. The zero-order chi connectivity index (χ0) is 13.2. The summed E-state index contributed by atoms with van der Waals surface area (Å²) in [5.41, 5.74) is -0.741. The van der Waals surface area contributed by atoms with Gasteiger partial charge in [-0.25, -0.2) is 0 Å². The van der Waals surface area contributed by atoms with Crippen LogP contribution >= 0.6 is 11.6 Å². The van der Waals surface area contributed by atoms with Gasteiger partial charge in [-0.05, 0) is 6.92 Å². The van der Waals surface area contributed by atoms with Crippen molar-refractivity contribution in [2.45, 2.75) is 43.3 Å². The van der Waals surface area contributed by atoms with E-state index in [0.717, 1.165) is 0 Å². The molecule has 4 nitrogen and oxygen atoms in total. The minimum Gasteiger partial charge on any atom is -0.377 e. The average molecular weight is 276 g/mol. The number of alkyl halides is 4. The first-order valence-corrected chi connectivity index (χ1v) is 5.39. The van der Waals surface area contributed by atoms with Gasteiger partial charge in [0.1, 0.15) is 11.7 Å². The van der Waals surface area contributed by atoms with Crippen LogP contribution in [0.3, 0.4) is 0 Å². The summed E-state index contributed by atoms with van der Waals surface area (Å²) >= 11 is 5.72. The first-order valence-electron chi connectivity index (χ1n) is 4.95. The second-order valence-electron chi connectivity index (χ2n) is 3.76. The normalized spacial score (nSPS) is 34.5. The number of rotatable bonds is 2. The second-order valence-corrected chi connectivity index (χ2v) is 4.25. The van der Waals surface area contributed by atoms with Crippen LogP contribution in [-0.2, 0) is 14.3 Å². The van der Waals surface area contributed by atoms with Crippen LogP contribution in [0, 0.1) is 0 Å². The number of hydrogen-bond donors (Lipinski definition) is 1. The number of nitrogens with one attached hydrogen (secondary N) is 1. The van der Waals surface area contributed by atoms with E-state index in [-0.39, 0.29) is 6.42 Å². The molecule has 1 N–H and O–H groups in total. The van der Waals surface area contributed by atoms with Gasteiger partial charge in [-0.15, -0.1) is 0 Å². The smallest absolute Gasteiger partial charge is 0.377 e. The molecule has 17 heavy (non-hydrogen) atoms. The van der Waals surface area contributed by atoms with Crippen molar-refractivity contribution in [1.29, 1.82) is 0 Å². The summed E-state index contributed by atoms with van der Waals surface area (Å²) in [6.07, 6.45) is -6.00. The highest BCUT2D eigenvalue weighted by Crippen LogP contribution is 2.25. The third kappa shape index (κ3) is 3.72. The third-order valence-corrected chi connectivity index (χ3v) is 2.79. The molecule has 1 aliphatic rings. The lowest BCUT2D eigenvalue weighted by Crippen LogP contribution is -2.56. The lowest BCUT2D eigenvalue weighted by molar-refractivity contribution is -0.178. The Labute approximate surface area is 101 Å². The molecule has 0 aromatic rings. The Morgan fingerprint density at radius 1 is 1.53 bits per heavy atom. The Hall–Kier alpha value is -0.530. The Morgan fingerprint density at radius 3 is 2.59 bits per heavy atom. The Kier molecular flexibility index (Phi) is 4.62. The molecule has 0 spiro atoms. The Bertz CT molecular complexity index is 287. The molecule has 0 aromatic carbocycles. The average Bonchev–Trinajstić information content (AvgIpc) is 2.15. The minimum atomic E-state index is -4.92. The maximum absolute atomic E-state index is 12.1. The summed E-state index contributed by atoms with van der Waals surface area (Å²) in [7, 11) is 1.34. The van der Waals surface area contributed by atoms with Gasteiger partial charge in [0.15, 0.2) is 0 Å². The van der Waals surface area contributed by atoms with E-state index in [2.05, 4.69) is 0 Å². The van der Waals surface area contributed by atoms with Gasteiger partial charge in [-0.3, -0.25) is 4.79 Å². The maximum Gasteiger partial charge on any atom is 0.471 e. The molecule has 1 heterocycles. The van der Waals surface area contributed by atoms with Crippen LogP contribution in [0.4, 0.5) is 13.2 Å².